The molecule has 3 rings (SSSR count). The highest BCUT2D eigenvalue weighted by molar-refractivity contribution is 7.91. The number of hydrogen-bond acceptors (Lipinski definition) is 5. The first-order chi connectivity index (χ1) is 12.5. The third-order valence-corrected chi connectivity index (χ3v) is 7.01. The van der Waals surface area contributed by atoms with Gasteiger partial charge < -0.3 is 15.4 Å². The predicted molar refractivity (Wildman–Crippen MR) is 107 cm³/mol. The quantitative estimate of drug-likeness (QED) is 0.602. The molecule has 2 aromatic rings. The van der Waals surface area contributed by atoms with E-state index in [-0.39, 0.29) is 17.5 Å². The summed E-state index contributed by atoms with van der Waals surface area (Å²) in [4.78, 5) is 5.37. The molecular formula is C18H23N3O3S2. The van der Waals surface area contributed by atoms with E-state index in [0.29, 0.717) is 18.9 Å². The van der Waals surface area contributed by atoms with Crippen molar-refractivity contribution < 1.29 is 13.2 Å². The maximum Gasteiger partial charge on any atom is 0.191 e. The number of hydrogen-bond donors (Lipinski definition) is 2. The van der Waals surface area contributed by atoms with E-state index in [1.165, 1.54) is 10.4 Å². The maximum absolute atomic E-state index is 11.6. The fourth-order valence-corrected chi connectivity index (χ4v) is 5.38. The number of aliphatic imine (C=N–C) groups is 1. The number of sulfone groups is 1. The number of methoxy groups -OCH3 is 1. The number of nitrogens with one attached hydrogen (secondary N) is 2. The monoisotopic (exact) mass is 393 g/mol. The predicted octanol–water partition coefficient (Wildman–Crippen LogP) is 2.28. The molecule has 0 aliphatic carbocycles. The maximum atomic E-state index is 11.6. The minimum absolute atomic E-state index is 0.0654. The summed E-state index contributed by atoms with van der Waals surface area (Å²) in [5.74, 6) is 1.90. The van der Waals surface area contributed by atoms with Gasteiger partial charge in [-0.15, -0.1) is 11.3 Å². The van der Waals surface area contributed by atoms with E-state index in [1.54, 1.807) is 25.5 Å². The van der Waals surface area contributed by atoms with Crippen LogP contribution in [-0.2, 0) is 16.4 Å². The summed E-state index contributed by atoms with van der Waals surface area (Å²) in [7, 11) is 0.448. The van der Waals surface area contributed by atoms with Crippen LogP contribution in [0.15, 0.2) is 40.7 Å². The Bertz CT molecular complexity index is 873. The lowest BCUT2D eigenvalue weighted by Crippen LogP contribution is -2.43. The Morgan fingerprint density at radius 2 is 2.08 bits per heavy atom. The van der Waals surface area contributed by atoms with Crippen molar-refractivity contribution in [3.8, 4) is 16.9 Å². The summed E-state index contributed by atoms with van der Waals surface area (Å²) < 4.78 is 28.3. The molecule has 1 unspecified atom stereocenters. The average Bonchev–Trinajstić information content (AvgIpc) is 3.25. The van der Waals surface area contributed by atoms with Gasteiger partial charge in [0.05, 0.1) is 25.2 Å². The molecule has 6 nitrogen and oxygen atoms in total. The Labute approximate surface area is 158 Å². The van der Waals surface area contributed by atoms with E-state index in [4.69, 9.17) is 4.74 Å². The smallest absolute Gasteiger partial charge is 0.191 e. The zero-order valence-electron chi connectivity index (χ0n) is 14.9. The van der Waals surface area contributed by atoms with Gasteiger partial charge >= 0.3 is 0 Å². The Morgan fingerprint density at radius 1 is 1.31 bits per heavy atom. The minimum atomic E-state index is -2.90. The summed E-state index contributed by atoms with van der Waals surface area (Å²) in [6.45, 7) is 0.639. The summed E-state index contributed by atoms with van der Waals surface area (Å²) in [5, 5.41) is 8.57. The van der Waals surface area contributed by atoms with Crippen LogP contribution >= 0.6 is 11.3 Å². The molecule has 8 heteroatoms. The Balaban J connectivity index is 1.56. The van der Waals surface area contributed by atoms with E-state index in [9.17, 15) is 8.42 Å². The van der Waals surface area contributed by atoms with Gasteiger partial charge in [-0.2, -0.15) is 0 Å². The van der Waals surface area contributed by atoms with Crippen LogP contribution in [-0.4, -0.2) is 46.1 Å². The lowest BCUT2D eigenvalue weighted by Gasteiger charge is -2.15. The van der Waals surface area contributed by atoms with Gasteiger partial charge in [0.25, 0.3) is 0 Å². The highest BCUT2D eigenvalue weighted by Gasteiger charge is 2.28. The highest BCUT2D eigenvalue weighted by atomic mass is 32.2. The second-order valence-corrected chi connectivity index (χ2v) is 9.42. The number of ether oxygens (including phenoxy) is 1. The molecule has 1 aliphatic rings. The normalized spacial score (nSPS) is 19.3. The van der Waals surface area contributed by atoms with Crippen molar-refractivity contribution in [3.05, 3.63) is 40.6 Å². The number of rotatable bonds is 5. The molecule has 1 atom stereocenters. The van der Waals surface area contributed by atoms with Crippen molar-refractivity contribution in [2.75, 3.05) is 25.7 Å². The van der Waals surface area contributed by atoms with Crippen molar-refractivity contribution in [2.24, 2.45) is 4.99 Å². The van der Waals surface area contributed by atoms with Crippen molar-refractivity contribution >= 4 is 27.1 Å². The molecule has 0 saturated carbocycles. The minimum Gasteiger partial charge on any atom is -0.497 e. The average molecular weight is 394 g/mol. The third-order valence-electron chi connectivity index (χ3n) is 4.30. The third kappa shape index (κ3) is 4.76. The molecule has 0 amide bonds. The number of nitrogens with zero attached hydrogens (tertiary/aromatic N) is 1. The van der Waals surface area contributed by atoms with Gasteiger partial charge in [-0.1, -0.05) is 12.1 Å². The molecule has 140 valence electrons. The first-order valence-electron chi connectivity index (χ1n) is 8.38. The molecule has 1 fully saturated rings. The summed E-state index contributed by atoms with van der Waals surface area (Å²) >= 11 is 1.68. The van der Waals surface area contributed by atoms with Crippen LogP contribution in [0.1, 0.15) is 11.3 Å². The topological polar surface area (TPSA) is 79.8 Å². The second-order valence-electron chi connectivity index (χ2n) is 6.20. The molecule has 1 aromatic heterocycles. The van der Waals surface area contributed by atoms with Gasteiger partial charge in [-0.25, -0.2) is 8.42 Å². The molecule has 26 heavy (non-hydrogen) atoms. The standard InChI is InChI=1S/C18H23N3O3S2/c1-19-18(21-15-7-8-26(22,23)12-15)20-10-17-9-14(11-25-17)13-3-5-16(24-2)6-4-13/h3-6,9,11,15H,7-8,10,12H2,1-2H3,(H2,19,20,21). The summed E-state index contributed by atoms with van der Waals surface area (Å²) in [6.07, 6.45) is 0.629. The molecule has 1 saturated heterocycles. The van der Waals surface area contributed by atoms with E-state index < -0.39 is 9.84 Å². The highest BCUT2D eigenvalue weighted by Crippen LogP contribution is 2.27. The lowest BCUT2D eigenvalue weighted by atomic mass is 10.1. The first kappa shape index (κ1) is 18.7. The van der Waals surface area contributed by atoms with Gasteiger partial charge in [0.15, 0.2) is 15.8 Å². The van der Waals surface area contributed by atoms with Crippen LogP contribution < -0.4 is 15.4 Å². The molecule has 1 aliphatic heterocycles. The first-order valence-corrected chi connectivity index (χ1v) is 11.1. The zero-order chi connectivity index (χ0) is 18.6. The number of thiophene rings is 1. The van der Waals surface area contributed by atoms with Crippen LogP contribution in [0.25, 0.3) is 11.1 Å². The van der Waals surface area contributed by atoms with Crippen molar-refractivity contribution in [1.29, 1.82) is 0 Å². The molecular weight excluding hydrogens is 370 g/mol. The Hall–Kier alpha value is -2.06. The van der Waals surface area contributed by atoms with Gasteiger partial charge in [-0.05, 0) is 41.1 Å². The van der Waals surface area contributed by atoms with Gasteiger partial charge in [-0.3, -0.25) is 4.99 Å². The molecule has 0 radical (unpaired) electrons. The molecule has 2 N–H and O–H groups in total. The number of benzene rings is 1. The fourth-order valence-electron chi connectivity index (χ4n) is 2.88. The van der Waals surface area contributed by atoms with Crippen LogP contribution in [0.5, 0.6) is 5.75 Å². The van der Waals surface area contributed by atoms with E-state index in [0.717, 1.165) is 11.3 Å². The largest absolute Gasteiger partial charge is 0.497 e. The van der Waals surface area contributed by atoms with Crippen LogP contribution in [0.3, 0.4) is 0 Å². The summed E-state index contributed by atoms with van der Waals surface area (Å²) in [6, 6.07) is 10.1. The van der Waals surface area contributed by atoms with Crippen LogP contribution in [0.2, 0.25) is 0 Å². The SMILES string of the molecule is CN=C(NCc1cc(-c2ccc(OC)cc2)cs1)NC1CCS(=O)(=O)C1. The number of guanidine groups is 1. The molecule has 0 spiro atoms. The Kier molecular flexibility index (Phi) is 5.83. The fraction of sp³-hybridized carbons (Fsp3) is 0.389. The van der Waals surface area contributed by atoms with Crippen molar-refractivity contribution in [1.82, 2.24) is 10.6 Å². The van der Waals surface area contributed by atoms with Crippen molar-refractivity contribution in [2.45, 2.75) is 19.0 Å². The molecule has 1 aromatic carbocycles. The zero-order valence-corrected chi connectivity index (χ0v) is 16.5. The van der Waals surface area contributed by atoms with Gasteiger partial charge in [0, 0.05) is 18.0 Å². The molecule has 2 heterocycles. The van der Waals surface area contributed by atoms with Crippen molar-refractivity contribution in [3.63, 3.8) is 0 Å². The Morgan fingerprint density at radius 3 is 2.69 bits per heavy atom. The van der Waals surface area contributed by atoms with Gasteiger partial charge in [0.1, 0.15) is 5.75 Å². The molecule has 0 bridgehead atoms. The second kappa shape index (κ2) is 8.09. The lowest BCUT2D eigenvalue weighted by molar-refractivity contribution is 0.415. The van der Waals surface area contributed by atoms with Gasteiger partial charge in [0.2, 0.25) is 0 Å². The van der Waals surface area contributed by atoms with E-state index in [1.807, 2.05) is 24.3 Å². The van der Waals surface area contributed by atoms with E-state index in [2.05, 4.69) is 27.1 Å². The van der Waals surface area contributed by atoms with E-state index >= 15 is 0 Å². The van der Waals surface area contributed by atoms with Crippen LogP contribution in [0.4, 0.5) is 0 Å². The summed E-state index contributed by atoms with van der Waals surface area (Å²) in [5.41, 5.74) is 2.31. The van der Waals surface area contributed by atoms with Crippen LogP contribution in [0, 0.1) is 0 Å².